The Morgan fingerprint density at radius 1 is 1.47 bits per heavy atom. The summed E-state index contributed by atoms with van der Waals surface area (Å²) in [7, 11) is 0. The van der Waals surface area contributed by atoms with E-state index in [1.54, 1.807) is 0 Å². The molecule has 1 aromatic rings. The van der Waals surface area contributed by atoms with E-state index in [-0.39, 0.29) is 0 Å². The maximum Gasteiger partial charge on any atom is 0.0305 e. The summed E-state index contributed by atoms with van der Waals surface area (Å²) in [6.45, 7) is 3.41. The van der Waals surface area contributed by atoms with E-state index in [1.807, 2.05) is 6.20 Å². The zero-order valence-electron chi connectivity index (χ0n) is 9.24. The molecule has 15 heavy (non-hydrogen) atoms. The summed E-state index contributed by atoms with van der Waals surface area (Å²) in [5.74, 6) is 1.65. The van der Waals surface area contributed by atoms with Gasteiger partial charge in [-0.05, 0) is 61.8 Å². The molecule has 2 aliphatic rings. The molecule has 0 spiro atoms. The van der Waals surface area contributed by atoms with Gasteiger partial charge in [-0.3, -0.25) is 4.98 Å². The second kappa shape index (κ2) is 3.60. The van der Waals surface area contributed by atoms with Gasteiger partial charge >= 0.3 is 0 Å². The van der Waals surface area contributed by atoms with Crippen molar-refractivity contribution in [3.05, 3.63) is 29.6 Å². The molecule has 2 heteroatoms. The topological polar surface area (TPSA) is 24.9 Å². The molecule has 2 unspecified atom stereocenters. The number of hydrogen-bond donors (Lipinski definition) is 1. The van der Waals surface area contributed by atoms with Crippen molar-refractivity contribution in [1.29, 1.82) is 0 Å². The maximum absolute atomic E-state index is 4.23. The second-order valence-electron chi connectivity index (χ2n) is 5.02. The van der Waals surface area contributed by atoms with Gasteiger partial charge < -0.3 is 5.32 Å². The standard InChI is InChI=1S/C13H18N2/c1-9-4-5-14-8-13(9)12-6-10(12)7-15-11-2-3-11/h4-5,8,10-12,15H,2-3,6-7H2,1H3. The highest BCUT2D eigenvalue weighted by molar-refractivity contribution is 5.30. The molecule has 0 saturated heterocycles. The number of aromatic nitrogens is 1. The predicted molar refractivity (Wildman–Crippen MR) is 60.8 cm³/mol. The third-order valence-electron chi connectivity index (χ3n) is 3.65. The number of pyridine rings is 1. The Bertz CT molecular complexity index is 357. The van der Waals surface area contributed by atoms with Crippen LogP contribution in [0.25, 0.3) is 0 Å². The molecular weight excluding hydrogens is 184 g/mol. The van der Waals surface area contributed by atoms with Crippen LogP contribution in [0.5, 0.6) is 0 Å². The smallest absolute Gasteiger partial charge is 0.0305 e. The van der Waals surface area contributed by atoms with Crippen LogP contribution in [-0.4, -0.2) is 17.6 Å². The first-order valence-corrected chi connectivity index (χ1v) is 5.98. The van der Waals surface area contributed by atoms with Gasteiger partial charge in [0.15, 0.2) is 0 Å². The highest BCUT2D eigenvalue weighted by Gasteiger charge is 2.39. The van der Waals surface area contributed by atoms with Gasteiger partial charge in [-0.2, -0.15) is 0 Å². The summed E-state index contributed by atoms with van der Waals surface area (Å²) in [6, 6.07) is 2.97. The fraction of sp³-hybridized carbons (Fsp3) is 0.615. The lowest BCUT2D eigenvalue weighted by Gasteiger charge is -2.04. The summed E-state index contributed by atoms with van der Waals surface area (Å²) >= 11 is 0. The molecule has 2 aliphatic carbocycles. The molecule has 2 saturated carbocycles. The second-order valence-corrected chi connectivity index (χ2v) is 5.02. The van der Waals surface area contributed by atoms with Gasteiger partial charge in [0.05, 0.1) is 0 Å². The molecule has 0 aliphatic heterocycles. The number of rotatable bonds is 4. The predicted octanol–water partition coefficient (Wildman–Crippen LogP) is 2.25. The van der Waals surface area contributed by atoms with E-state index in [0.29, 0.717) is 0 Å². The van der Waals surface area contributed by atoms with E-state index < -0.39 is 0 Å². The molecule has 80 valence electrons. The van der Waals surface area contributed by atoms with Crippen LogP contribution >= 0.6 is 0 Å². The maximum atomic E-state index is 4.23. The molecule has 0 bridgehead atoms. The zero-order valence-corrected chi connectivity index (χ0v) is 9.24. The molecule has 0 aromatic carbocycles. The quantitative estimate of drug-likeness (QED) is 0.810. The summed E-state index contributed by atoms with van der Waals surface area (Å²) in [5.41, 5.74) is 2.88. The van der Waals surface area contributed by atoms with Crippen molar-refractivity contribution in [2.75, 3.05) is 6.54 Å². The Morgan fingerprint density at radius 3 is 3.07 bits per heavy atom. The number of nitrogens with zero attached hydrogens (tertiary/aromatic N) is 1. The van der Waals surface area contributed by atoms with Crippen molar-refractivity contribution >= 4 is 0 Å². The first kappa shape index (κ1) is 9.34. The van der Waals surface area contributed by atoms with E-state index in [0.717, 1.165) is 17.9 Å². The molecular formula is C13H18N2. The molecule has 2 atom stereocenters. The van der Waals surface area contributed by atoms with Crippen LogP contribution in [0.15, 0.2) is 18.5 Å². The monoisotopic (exact) mass is 202 g/mol. The average Bonchev–Trinajstić information content (AvgIpc) is 3.12. The van der Waals surface area contributed by atoms with E-state index in [1.165, 1.54) is 36.9 Å². The first-order chi connectivity index (χ1) is 7.34. The minimum Gasteiger partial charge on any atom is -0.314 e. The van der Waals surface area contributed by atoms with Gasteiger partial charge in [0.1, 0.15) is 0 Å². The van der Waals surface area contributed by atoms with Crippen LogP contribution in [0.3, 0.4) is 0 Å². The third-order valence-corrected chi connectivity index (χ3v) is 3.65. The van der Waals surface area contributed by atoms with Gasteiger partial charge in [-0.1, -0.05) is 0 Å². The van der Waals surface area contributed by atoms with Crippen LogP contribution in [0.4, 0.5) is 0 Å². The van der Waals surface area contributed by atoms with Crippen molar-refractivity contribution in [2.45, 2.75) is 38.1 Å². The molecule has 0 amide bonds. The Balaban J connectivity index is 1.58. The van der Waals surface area contributed by atoms with Crippen molar-refractivity contribution in [2.24, 2.45) is 5.92 Å². The summed E-state index contributed by atoms with van der Waals surface area (Å²) in [4.78, 5) is 4.23. The number of hydrogen-bond acceptors (Lipinski definition) is 2. The van der Waals surface area contributed by atoms with Gasteiger partial charge in [-0.15, -0.1) is 0 Å². The van der Waals surface area contributed by atoms with Crippen molar-refractivity contribution in [3.8, 4) is 0 Å². The summed E-state index contributed by atoms with van der Waals surface area (Å²) in [5, 5.41) is 3.62. The Morgan fingerprint density at radius 2 is 2.33 bits per heavy atom. The lowest BCUT2D eigenvalue weighted by atomic mass is 10.1. The molecule has 1 heterocycles. The zero-order chi connectivity index (χ0) is 10.3. The SMILES string of the molecule is Cc1ccncc1C1CC1CNC1CC1. The van der Waals surface area contributed by atoms with Crippen molar-refractivity contribution in [1.82, 2.24) is 10.3 Å². The largest absolute Gasteiger partial charge is 0.314 e. The Labute approximate surface area is 91.1 Å². The first-order valence-electron chi connectivity index (χ1n) is 5.98. The lowest BCUT2D eigenvalue weighted by molar-refractivity contribution is 0.623. The molecule has 1 aromatic heterocycles. The average molecular weight is 202 g/mol. The molecule has 3 rings (SSSR count). The highest BCUT2D eigenvalue weighted by atomic mass is 15.0. The normalized spacial score (nSPS) is 29.1. The summed E-state index contributed by atoms with van der Waals surface area (Å²) in [6.07, 6.45) is 8.08. The van der Waals surface area contributed by atoms with Crippen molar-refractivity contribution < 1.29 is 0 Å². The lowest BCUT2D eigenvalue weighted by Crippen LogP contribution is -2.19. The van der Waals surface area contributed by atoms with E-state index in [9.17, 15) is 0 Å². The minimum absolute atomic E-state index is 0.782. The fourth-order valence-corrected chi connectivity index (χ4v) is 2.32. The number of aryl methyl sites for hydroxylation is 1. The minimum atomic E-state index is 0.782. The molecule has 2 fully saturated rings. The molecule has 2 nitrogen and oxygen atoms in total. The van der Waals surface area contributed by atoms with Gasteiger partial charge in [0.25, 0.3) is 0 Å². The Kier molecular flexibility index (Phi) is 2.24. The van der Waals surface area contributed by atoms with Crippen LogP contribution in [0.1, 0.15) is 36.3 Å². The van der Waals surface area contributed by atoms with Gasteiger partial charge in [0, 0.05) is 18.4 Å². The van der Waals surface area contributed by atoms with Gasteiger partial charge in [0.2, 0.25) is 0 Å². The van der Waals surface area contributed by atoms with Crippen LogP contribution in [0, 0.1) is 12.8 Å². The fourth-order valence-electron chi connectivity index (χ4n) is 2.32. The van der Waals surface area contributed by atoms with Gasteiger partial charge in [-0.25, -0.2) is 0 Å². The van der Waals surface area contributed by atoms with Crippen molar-refractivity contribution in [3.63, 3.8) is 0 Å². The Hall–Kier alpha value is -0.890. The van der Waals surface area contributed by atoms with Crippen LogP contribution < -0.4 is 5.32 Å². The van der Waals surface area contributed by atoms with E-state index in [4.69, 9.17) is 0 Å². The van der Waals surface area contributed by atoms with Crippen LogP contribution in [-0.2, 0) is 0 Å². The third kappa shape index (κ3) is 2.05. The van der Waals surface area contributed by atoms with Crippen LogP contribution in [0.2, 0.25) is 0 Å². The highest BCUT2D eigenvalue weighted by Crippen LogP contribution is 2.47. The molecule has 1 N–H and O–H groups in total. The summed E-state index contributed by atoms with van der Waals surface area (Å²) < 4.78 is 0. The van der Waals surface area contributed by atoms with E-state index >= 15 is 0 Å². The number of nitrogens with one attached hydrogen (secondary N) is 1. The van der Waals surface area contributed by atoms with E-state index in [2.05, 4.69) is 29.5 Å². The molecule has 0 radical (unpaired) electrons.